The first-order chi connectivity index (χ1) is 10.2. The molecule has 0 aliphatic heterocycles. The lowest BCUT2D eigenvalue weighted by Gasteiger charge is -2.43. The van der Waals surface area contributed by atoms with Crippen LogP contribution in [0.15, 0.2) is 59.1 Å². The van der Waals surface area contributed by atoms with Gasteiger partial charge in [-0.25, -0.2) is 0 Å². The van der Waals surface area contributed by atoms with Crippen LogP contribution in [0.1, 0.15) is 24.0 Å². The van der Waals surface area contributed by atoms with Gasteiger partial charge in [0, 0.05) is 17.1 Å². The third-order valence-corrected chi connectivity index (χ3v) is 4.77. The molecular weight excluding hydrogens is 324 g/mol. The summed E-state index contributed by atoms with van der Waals surface area (Å²) in [5.41, 5.74) is 2.13. The molecule has 0 bridgehead atoms. The first kappa shape index (κ1) is 14.3. The Morgan fingerprint density at radius 3 is 2.38 bits per heavy atom. The van der Waals surface area contributed by atoms with Gasteiger partial charge in [0.25, 0.3) is 0 Å². The summed E-state index contributed by atoms with van der Waals surface area (Å²) >= 11 is 3.44. The molecule has 1 fully saturated rings. The Bertz CT molecular complexity index is 637. The number of nitrogens with one attached hydrogen (secondary N) is 1. The zero-order chi connectivity index (χ0) is 14.7. The lowest BCUT2D eigenvalue weighted by Crippen LogP contribution is -2.50. The van der Waals surface area contributed by atoms with Crippen LogP contribution in [0.25, 0.3) is 0 Å². The van der Waals surface area contributed by atoms with E-state index in [1.54, 1.807) is 0 Å². The molecule has 0 radical (unpaired) electrons. The molecule has 0 aromatic heterocycles. The van der Waals surface area contributed by atoms with Crippen LogP contribution in [0.5, 0.6) is 0 Å². The minimum Gasteiger partial charge on any atom is -0.310 e. The van der Waals surface area contributed by atoms with E-state index in [2.05, 4.69) is 63.7 Å². The fourth-order valence-corrected chi connectivity index (χ4v) is 3.20. The monoisotopic (exact) mass is 340 g/mol. The van der Waals surface area contributed by atoms with Gasteiger partial charge in [-0.15, -0.1) is 0 Å². The average Bonchev–Trinajstić information content (AvgIpc) is 2.49. The van der Waals surface area contributed by atoms with Gasteiger partial charge in [-0.3, -0.25) is 0 Å². The van der Waals surface area contributed by atoms with E-state index in [-0.39, 0.29) is 5.41 Å². The van der Waals surface area contributed by atoms with E-state index in [9.17, 15) is 5.26 Å². The largest absolute Gasteiger partial charge is 0.310 e. The van der Waals surface area contributed by atoms with Gasteiger partial charge in [0.05, 0.1) is 11.5 Å². The quantitative estimate of drug-likeness (QED) is 0.906. The van der Waals surface area contributed by atoms with Crippen molar-refractivity contribution in [2.24, 2.45) is 0 Å². The molecule has 0 amide bonds. The van der Waals surface area contributed by atoms with E-state index in [0.29, 0.717) is 6.04 Å². The number of rotatable bonds is 4. The van der Waals surface area contributed by atoms with Crippen molar-refractivity contribution in [3.8, 4) is 6.07 Å². The van der Waals surface area contributed by atoms with E-state index in [4.69, 9.17) is 0 Å². The molecule has 106 valence electrons. The van der Waals surface area contributed by atoms with Gasteiger partial charge < -0.3 is 5.32 Å². The van der Waals surface area contributed by atoms with Crippen molar-refractivity contribution in [1.82, 2.24) is 5.32 Å². The topological polar surface area (TPSA) is 35.8 Å². The van der Waals surface area contributed by atoms with E-state index >= 15 is 0 Å². The fraction of sp³-hybridized carbons (Fsp3) is 0.278. The molecule has 0 saturated heterocycles. The van der Waals surface area contributed by atoms with Gasteiger partial charge in [-0.2, -0.15) is 5.26 Å². The lowest BCUT2D eigenvalue weighted by atomic mass is 9.62. The fourth-order valence-electron chi connectivity index (χ4n) is 2.94. The van der Waals surface area contributed by atoms with Crippen molar-refractivity contribution in [1.29, 1.82) is 5.26 Å². The molecular formula is C18H17BrN2. The number of nitriles is 1. The second-order valence-corrected chi connectivity index (χ2v) is 6.59. The van der Waals surface area contributed by atoms with Crippen LogP contribution in [-0.4, -0.2) is 6.04 Å². The highest BCUT2D eigenvalue weighted by Crippen LogP contribution is 2.43. The molecule has 0 spiro atoms. The third kappa shape index (κ3) is 3.02. The number of hydrogen-bond donors (Lipinski definition) is 1. The molecule has 0 atom stereocenters. The molecule has 21 heavy (non-hydrogen) atoms. The predicted molar refractivity (Wildman–Crippen MR) is 87.7 cm³/mol. The van der Waals surface area contributed by atoms with E-state index < -0.39 is 0 Å². The molecule has 3 heteroatoms. The molecule has 3 rings (SSSR count). The van der Waals surface area contributed by atoms with E-state index in [1.165, 1.54) is 5.56 Å². The second-order valence-electron chi connectivity index (χ2n) is 5.67. The SMILES string of the molecule is N#CC1(c2ccccc2)CC(NCc2ccc(Br)cc2)C1. The molecule has 2 nitrogen and oxygen atoms in total. The first-order valence-corrected chi connectivity index (χ1v) is 7.96. The number of nitrogens with zero attached hydrogens (tertiary/aromatic N) is 1. The van der Waals surface area contributed by atoms with Crippen LogP contribution in [0, 0.1) is 11.3 Å². The Labute approximate surface area is 133 Å². The maximum absolute atomic E-state index is 9.54. The van der Waals surface area contributed by atoms with Gasteiger partial charge in [0.2, 0.25) is 0 Å². The molecule has 0 unspecified atom stereocenters. The summed E-state index contributed by atoms with van der Waals surface area (Å²) in [6.45, 7) is 0.855. The van der Waals surface area contributed by atoms with Crippen LogP contribution in [0.2, 0.25) is 0 Å². The highest BCUT2D eigenvalue weighted by Gasteiger charge is 2.45. The summed E-state index contributed by atoms with van der Waals surface area (Å²) in [6, 6.07) is 21.4. The maximum Gasteiger partial charge on any atom is 0.0852 e. The maximum atomic E-state index is 9.54. The number of benzene rings is 2. The Balaban J connectivity index is 1.58. The molecule has 2 aromatic rings. The summed E-state index contributed by atoms with van der Waals surface area (Å²) in [5, 5.41) is 13.1. The lowest BCUT2D eigenvalue weighted by molar-refractivity contribution is 0.225. The molecule has 1 N–H and O–H groups in total. The van der Waals surface area contributed by atoms with Gasteiger partial charge >= 0.3 is 0 Å². The molecule has 2 aromatic carbocycles. The van der Waals surface area contributed by atoms with Gasteiger partial charge in [0.1, 0.15) is 0 Å². The van der Waals surface area contributed by atoms with Crippen LogP contribution in [0.3, 0.4) is 0 Å². The van der Waals surface area contributed by atoms with Crippen LogP contribution < -0.4 is 5.32 Å². The summed E-state index contributed by atoms with van der Waals surface area (Å²) in [5.74, 6) is 0. The normalized spacial score (nSPS) is 24.1. The Morgan fingerprint density at radius 1 is 1.10 bits per heavy atom. The minimum absolute atomic E-state index is 0.293. The Hall–Kier alpha value is -1.63. The summed E-state index contributed by atoms with van der Waals surface area (Å²) in [7, 11) is 0. The zero-order valence-corrected chi connectivity index (χ0v) is 13.3. The van der Waals surface area contributed by atoms with Gasteiger partial charge in [-0.05, 0) is 36.1 Å². The van der Waals surface area contributed by atoms with E-state index in [0.717, 1.165) is 29.4 Å². The summed E-state index contributed by atoms with van der Waals surface area (Å²) < 4.78 is 1.10. The number of hydrogen-bond acceptors (Lipinski definition) is 2. The van der Waals surface area contributed by atoms with Gasteiger partial charge in [0.15, 0.2) is 0 Å². The standard InChI is InChI=1S/C18H17BrN2/c19-16-8-6-14(7-9-16)12-21-17-10-18(11-17,13-20)15-4-2-1-3-5-15/h1-9,17,21H,10-12H2. The first-order valence-electron chi connectivity index (χ1n) is 7.16. The third-order valence-electron chi connectivity index (χ3n) is 4.24. The van der Waals surface area contributed by atoms with Crippen LogP contribution in [0.4, 0.5) is 0 Å². The van der Waals surface area contributed by atoms with Crippen LogP contribution in [-0.2, 0) is 12.0 Å². The molecule has 1 saturated carbocycles. The molecule has 0 heterocycles. The summed E-state index contributed by atoms with van der Waals surface area (Å²) in [6.07, 6.45) is 1.79. The Kier molecular flexibility index (Phi) is 4.10. The van der Waals surface area contributed by atoms with E-state index in [1.807, 2.05) is 18.2 Å². The van der Waals surface area contributed by atoms with Crippen molar-refractivity contribution in [2.75, 3.05) is 0 Å². The highest BCUT2D eigenvalue weighted by molar-refractivity contribution is 9.10. The smallest absolute Gasteiger partial charge is 0.0852 e. The van der Waals surface area contributed by atoms with Crippen molar-refractivity contribution in [3.63, 3.8) is 0 Å². The number of halogens is 1. The second kappa shape index (κ2) is 6.01. The van der Waals surface area contributed by atoms with Crippen molar-refractivity contribution < 1.29 is 0 Å². The molecule has 1 aliphatic carbocycles. The predicted octanol–water partition coefficient (Wildman–Crippen LogP) is 4.16. The van der Waals surface area contributed by atoms with Crippen molar-refractivity contribution in [2.45, 2.75) is 30.8 Å². The summed E-state index contributed by atoms with van der Waals surface area (Å²) in [4.78, 5) is 0. The Morgan fingerprint density at radius 2 is 1.76 bits per heavy atom. The molecule has 1 aliphatic rings. The highest BCUT2D eigenvalue weighted by atomic mass is 79.9. The van der Waals surface area contributed by atoms with Gasteiger partial charge in [-0.1, -0.05) is 58.4 Å². The average molecular weight is 341 g/mol. The van der Waals surface area contributed by atoms with Crippen molar-refractivity contribution in [3.05, 3.63) is 70.2 Å². The van der Waals surface area contributed by atoms with Crippen molar-refractivity contribution >= 4 is 15.9 Å². The van der Waals surface area contributed by atoms with Crippen LogP contribution >= 0.6 is 15.9 Å². The minimum atomic E-state index is -0.293. The zero-order valence-electron chi connectivity index (χ0n) is 11.7.